The van der Waals surface area contributed by atoms with E-state index in [-0.39, 0.29) is 31.6 Å². The number of esters is 2. The van der Waals surface area contributed by atoms with Gasteiger partial charge in [-0.05, 0) is 38.0 Å². The minimum Gasteiger partial charge on any atom is -0.462 e. The van der Waals surface area contributed by atoms with Gasteiger partial charge in [-0.1, -0.05) is 42.5 Å². The summed E-state index contributed by atoms with van der Waals surface area (Å²) in [6, 6.07) is 14.3. The lowest BCUT2D eigenvalue weighted by molar-refractivity contribution is -0.922. The van der Waals surface area contributed by atoms with E-state index in [0.29, 0.717) is 15.7 Å². The number of rotatable bonds is 9. The Morgan fingerprint density at radius 2 is 1.70 bits per heavy atom. The van der Waals surface area contributed by atoms with Crippen LogP contribution in [-0.4, -0.2) is 54.6 Å². The Morgan fingerprint density at radius 3 is 2.36 bits per heavy atom. The minimum absolute atomic E-state index is 0.139. The Hall–Kier alpha value is -3.19. The molecule has 1 aliphatic heterocycles. The van der Waals surface area contributed by atoms with Crippen LogP contribution in [0.1, 0.15) is 48.2 Å². The van der Waals surface area contributed by atoms with Gasteiger partial charge in [0.2, 0.25) is 0 Å². The van der Waals surface area contributed by atoms with Crippen LogP contribution in [0.15, 0.2) is 48.5 Å². The molecule has 2 aromatic carbocycles. The summed E-state index contributed by atoms with van der Waals surface area (Å²) in [4.78, 5) is 38.4. The molecule has 176 valence electrons. The van der Waals surface area contributed by atoms with Crippen LogP contribution in [0.2, 0.25) is 0 Å². The first-order valence-electron chi connectivity index (χ1n) is 11.5. The minimum atomic E-state index is -0.480. The maximum Gasteiger partial charge on any atom is 0.362 e. The molecule has 1 N–H and O–H groups in total. The fourth-order valence-corrected chi connectivity index (χ4v) is 4.38. The Bertz CT molecular complexity index is 983. The van der Waals surface area contributed by atoms with E-state index in [1.54, 1.807) is 19.1 Å². The molecular formula is C26H33N2O5+. The molecule has 1 atom stereocenters. The molecule has 0 aromatic heterocycles. The first-order valence-corrected chi connectivity index (χ1v) is 11.5. The van der Waals surface area contributed by atoms with Crippen molar-refractivity contribution in [3.8, 4) is 0 Å². The zero-order valence-electron chi connectivity index (χ0n) is 19.6. The number of carbonyl (C=O) groups is 3. The van der Waals surface area contributed by atoms with Crippen molar-refractivity contribution in [3.05, 3.63) is 65.2 Å². The monoisotopic (exact) mass is 453 g/mol. The third-order valence-corrected chi connectivity index (χ3v) is 6.36. The van der Waals surface area contributed by atoms with Crippen LogP contribution in [0.25, 0.3) is 0 Å². The largest absolute Gasteiger partial charge is 0.462 e. The van der Waals surface area contributed by atoms with E-state index >= 15 is 0 Å². The van der Waals surface area contributed by atoms with Gasteiger partial charge in [-0.2, -0.15) is 0 Å². The molecule has 1 heterocycles. The standard InChI is InChI=1S/C26H32N2O5/c1-4-32-26(31)22-14-10-11-19(2)24(22)27-25(30)20(3)28(15-8-9-16-28)17-23(29)33-18-21-12-6-5-7-13-21/h5-7,10-14,20H,4,8-9,15-18H2,1-3H3/p+1. The van der Waals surface area contributed by atoms with Crippen LogP contribution in [-0.2, 0) is 25.7 Å². The SMILES string of the molecule is CCOC(=O)c1cccc(C)c1NC(=O)C(C)[N+]1(CC(=O)OCc2ccccc2)CCCC1. The molecule has 7 nitrogen and oxygen atoms in total. The van der Waals surface area contributed by atoms with Crippen molar-refractivity contribution in [2.45, 2.75) is 46.3 Å². The van der Waals surface area contributed by atoms with E-state index in [2.05, 4.69) is 5.32 Å². The number of benzene rings is 2. The first kappa shape index (κ1) is 24.5. The van der Waals surface area contributed by atoms with Gasteiger partial charge in [-0.25, -0.2) is 9.59 Å². The van der Waals surface area contributed by atoms with Crippen molar-refractivity contribution in [1.29, 1.82) is 0 Å². The molecule has 2 aromatic rings. The van der Waals surface area contributed by atoms with Gasteiger partial charge >= 0.3 is 11.9 Å². The van der Waals surface area contributed by atoms with Gasteiger partial charge < -0.3 is 19.3 Å². The predicted octanol–water partition coefficient (Wildman–Crippen LogP) is 3.85. The Morgan fingerprint density at radius 1 is 1.00 bits per heavy atom. The number of nitrogens with one attached hydrogen (secondary N) is 1. The summed E-state index contributed by atoms with van der Waals surface area (Å²) < 4.78 is 11.0. The maximum atomic E-state index is 13.3. The zero-order chi connectivity index (χ0) is 23.8. The molecule has 0 saturated carbocycles. The highest BCUT2D eigenvalue weighted by molar-refractivity contribution is 6.03. The van der Waals surface area contributed by atoms with Crippen molar-refractivity contribution < 1.29 is 28.3 Å². The van der Waals surface area contributed by atoms with Crippen molar-refractivity contribution >= 4 is 23.5 Å². The molecule has 33 heavy (non-hydrogen) atoms. The average Bonchev–Trinajstić information content (AvgIpc) is 3.28. The number of nitrogens with zero attached hydrogens (tertiary/aromatic N) is 1. The van der Waals surface area contributed by atoms with Crippen molar-refractivity contribution in [1.82, 2.24) is 0 Å². The van der Waals surface area contributed by atoms with Crippen molar-refractivity contribution in [3.63, 3.8) is 0 Å². The molecule has 0 radical (unpaired) electrons. The number of quaternary nitrogens is 1. The molecular weight excluding hydrogens is 420 g/mol. The second kappa shape index (κ2) is 11.1. The lowest BCUT2D eigenvalue weighted by Gasteiger charge is -2.38. The molecule has 0 bridgehead atoms. The van der Waals surface area contributed by atoms with Crippen LogP contribution in [0, 0.1) is 6.92 Å². The van der Waals surface area contributed by atoms with Crippen LogP contribution >= 0.6 is 0 Å². The molecule has 1 amide bonds. The van der Waals surface area contributed by atoms with E-state index in [1.807, 2.05) is 50.2 Å². The van der Waals surface area contributed by atoms with E-state index in [9.17, 15) is 14.4 Å². The fourth-order valence-electron chi connectivity index (χ4n) is 4.38. The number of anilines is 1. The molecule has 7 heteroatoms. The Kier molecular flexibility index (Phi) is 8.22. The highest BCUT2D eigenvalue weighted by Gasteiger charge is 2.43. The number of likely N-dealkylation sites (tertiary alicyclic amines) is 1. The molecule has 0 spiro atoms. The lowest BCUT2D eigenvalue weighted by Crippen LogP contribution is -2.59. The maximum absolute atomic E-state index is 13.3. The number of ether oxygens (including phenoxy) is 2. The Balaban J connectivity index is 1.72. The number of aryl methyl sites for hydroxylation is 1. The highest BCUT2D eigenvalue weighted by Crippen LogP contribution is 2.27. The van der Waals surface area contributed by atoms with E-state index < -0.39 is 12.0 Å². The van der Waals surface area contributed by atoms with Gasteiger partial charge in [0.15, 0.2) is 12.6 Å². The van der Waals surface area contributed by atoms with Crippen LogP contribution in [0.4, 0.5) is 5.69 Å². The molecule has 1 aliphatic rings. The van der Waals surface area contributed by atoms with Gasteiger partial charge in [0.1, 0.15) is 6.61 Å². The quantitative estimate of drug-likeness (QED) is 0.461. The summed E-state index contributed by atoms with van der Waals surface area (Å²) in [5, 5.41) is 2.94. The molecule has 1 fully saturated rings. The average molecular weight is 454 g/mol. The van der Waals surface area contributed by atoms with Crippen molar-refractivity contribution in [2.75, 3.05) is 31.6 Å². The summed E-state index contributed by atoms with van der Waals surface area (Å²) in [6.45, 7) is 7.48. The summed E-state index contributed by atoms with van der Waals surface area (Å²) in [6.07, 6.45) is 1.89. The molecule has 1 saturated heterocycles. The number of hydrogen-bond acceptors (Lipinski definition) is 5. The van der Waals surface area contributed by atoms with Crippen molar-refractivity contribution in [2.24, 2.45) is 0 Å². The van der Waals surface area contributed by atoms with Crippen LogP contribution in [0.3, 0.4) is 0 Å². The summed E-state index contributed by atoms with van der Waals surface area (Å²) in [7, 11) is 0. The second-order valence-electron chi connectivity index (χ2n) is 8.56. The number of amides is 1. The van der Waals surface area contributed by atoms with E-state index in [1.165, 1.54) is 0 Å². The van der Waals surface area contributed by atoms with Crippen LogP contribution in [0.5, 0.6) is 0 Å². The topological polar surface area (TPSA) is 81.7 Å². The third kappa shape index (κ3) is 5.99. The van der Waals surface area contributed by atoms with E-state index in [4.69, 9.17) is 9.47 Å². The van der Waals surface area contributed by atoms with Crippen LogP contribution < -0.4 is 5.32 Å². The summed E-state index contributed by atoms with van der Waals surface area (Å²) in [5.74, 6) is -1.02. The number of hydrogen-bond donors (Lipinski definition) is 1. The normalized spacial score (nSPS) is 15.5. The smallest absolute Gasteiger partial charge is 0.362 e. The molecule has 0 aliphatic carbocycles. The summed E-state index contributed by atoms with van der Waals surface area (Å²) >= 11 is 0. The number of carbonyl (C=O) groups excluding carboxylic acids is 3. The Labute approximate surface area is 195 Å². The third-order valence-electron chi connectivity index (χ3n) is 6.36. The molecule has 1 unspecified atom stereocenters. The first-order chi connectivity index (χ1) is 15.9. The highest BCUT2D eigenvalue weighted by atomic mass is 16.5. The van der Waals surface area contributed by atoms with Gasteiger partial charge in [-0.3, -0.25) is 4.79 Å². The zero-order valence-corrected chi connectivity index (χ0v) is 19.6. The van der Waals surface area contributed by atoms with Gasteiger partial charge in [-0.15, -0.1) is 0 Å². The predicted molar refractivity (Wildman–Crippen MR) is 126 cm³/mol. The fraction of sp³-hybridized carbons (Fsp3) is 0.423. The summed E-state index contributed by atoms with van der Waals surface area (Å²) in [5.41, 5.74) is 2.48. The number of para-hydroxylation sites is 1. The van der Waals surface area contributed by atoms with Gasteiger partial charge in [0.25, 0.3) is 5.91 Å². The lowest BCUT2D eigenvalue weighted by atomic mass is 10.1. The van der Waals surface area contributed by atoms with E-state index in [0.717, 1.165) is 37.1 Å². The van der Waals surface area contributed by atoms with Gasteiger partial charge in [0.05, 0.1) is 30.9 Å². The molecule has 3 rings (SSSR count). The van der Waals surface area contributed by atoms with Gasteiger partial charge in [0, 0.05) is 12.8 Å². The second-order valence-corrected chi connectivity index (χ2v) is 8.56.